The third-order valence-electron chi connectivity index (χ3n) is 2.56. The molecule has 0 radical (unpaired) electrons. The van der Waals surface area contributed by atoms with E-state index < -0.39 is 12.0 Å². The molecule has 0 aliphatic heterocycles. The number of carbonyl (C=O) groups excluding carboxylic acids is 2. The second-order valence-electron chi connectivity index (χ2n) is 3.89. The Morgan fingerprint density at radius 2 is 2.06 bits per heavy atom. The number of ether oxygens (including phenoxy) is 1. The molecule has 1 aromatic rings. The molecule has 1 unspecified atom stereocenters. The van der Waals surface area contributed by atoms with E-state index in [0.717, 1.165) is 0 Å². The summed E-state index contributed by atoms with van der Waals surface area (Å²) in [7, 11) is 1.27. The van der Waals surface area contributed by atoms with E-state index in [1.807, 2.05) is 0 Å². The van der Waals surface area contributed by atoms with Crippen molar-refractivity contribution in [3.63, 3.8) is 0 Å². The smallest absolute Gasteiger partial charge is 0.328 e. The van der Waals surface area contributed by atoms with Crippen molar-refractivity contribution in [2.75, 3.05) is 12.8 Å². The largest absolute Gasteiger partial charge is 0.467 e. The Labute approximate surface area is 114 Å². The average Bonchev–Trinajstić information content (AvgIpc) is 2.32. The summed E-state index contributed by atoms with van der Waals surface area (Å²) < 4.78 is 5.25. The minimum Gasteiger partial charge on any atom is -0.467 e. The summed E-state index contributed by atoms with van der Waals surface area (Å²) in [6, 6.07) is 2.67. The van der Waals surface area contributed by atoms with Gasteiger partial charge in [-0.25, -0.2) is 4.79 Å². The van der Waals surface area contributed by atoms with Crippen molar-refractivity contribution in [1.29, 1.82) is 0 Å². The lowest BCUT2D eigenvalue weighted by Gasteiger charge is -2.14. The summed E-state index contributed by atoms with van der Waals surface area (Å²) in [6.07, 6.45) is 0. The standard InChI is InChI=1S/C12H15BrN2O3/c1-6-9(4-8(13)5-10(6)14)11(16)15-7(2)12(17)18-3/h4-5,7H,14H2,1-3H3,(H,15,16). The summed E-state index contributed by atoms with van der Waals surface area (Å²) in [5, 5.41) is 2.55. The molecule has 0 saturated heterocycles. The van der Waals surface area contributed by atoms with Gasteiger partial charge in [0.05, 0.1) is 7.11 Å². The number of nitrogens with one attached hydrogen (secondary N) is 1. The van der Waals surface area contributed by atoms with Gasteiger partial charge in [-0.3, -0.25) is 4.79 Å². The van der Waals surface area contributed by atoms with E-state index in [2.05, 4.69) is 26.0 Å². The quantitative estimate of drug-likeness (QED) is 0.656. The number of hydrogen-bond acceptors (Lipinski definition) is 4. The van der Waals surface area contributed by atoms with Crippen LogP contribution in [-0.4, -0.2) is 25.0 Å². The second kappa shape index (κ2) is 5.86. The predicted molar refractivity (Wildman–Crippen MR) is 72.2 cm³/mol. The van der Waals surface area contributed by atoms with Gasteiger partial charge in [-0.05, 0) is 31.5 Å². The van der Waals surface area contributed by atoms with Crippen LogP contribution >= 0.6 is 15.9 Å². The molecule has 5 nitrogen and oxygen atoms in total. The molecule has 0 aromatic heterocycles. The Morgan fingerprint density at radius 1 is 1.44 bits per heavy atom. The number of carbonyl (C=O) groups is 2. The number of hydrogen-bond donors (Lipinski definition) is 2. The molecule has 18 heavy (non-hydrogen) atoms. The van der Waals surface area contributed by atoms with Gasteiger partial charge in [0.25, 0.3) is 5.91 Å². The zero-order chi connectivity index (χ0) is 13.9. The Hall–Kier alpha value is -1.56. The predicted octanol–water partition coefficient (Wildman–Crippen LogP) is 1.63. The highest BCUT2D eigenvalue weighted by molar-refractivity contribution is 9.10. The van der Waals surface area contributed by atoms with E-state index in [1.54, 1.807) is 26.0 Å². The van der Waals surface area contributed by atoms with E-state index in [4.69, 9.17) is 5.73 Å². The van der Waals surface area contributed by atoms with Gasteiger partial charge in [0.1, 0.15) is 6.04 Å². The molecule has 0 spiro atoms. The summed E-state index contributed by atoms with van der Waals surface area (Å²) in [5.74, 6) is -0.859. The summed E-state index contributed by atoms with van der Waals surface area (Å²) >= 11 is 3.27. The maximum absolute atomic E-state index is 12.0. The highest BCUT2D eigenvalue weighted by atomic mass is 79.9. The van der Waals surface area contributed by atoms with Crippen LogP contribution in [0.25, 0.3) is 0 Å². The molecule has 1 atom stereocenters. The highest BCUT2D eigenvalue weighted by Gasteiger charge is 2.19. The third-order valence-corrected chi connectivity index (χ3v) is 3.02. The van der Waals surface area contributed by atoms with E-state index in [-0.39, 0.29) is 5.91 Å². The summed E-state index contributed by atoms with van der Waals surface area (Å²) in [4.78, 5) is 23.2. The van der Waals surface area contributed by atoms with Gasteiger partial charge in [0, 0.05) is 15.7 Å². The molecular formula is C12H15BrN2O3. The minimum absolute atomic E-state index is 0.363. The maximum atomic E-state index is 12.0. The molecule has 0 aliphatic carbocycles. The van der Waals surface area contributed by atoms with E-state index in [9.17, 15) is 9.59 Å². The van der Waals surface area contributed by atoms with Gasteiger partial charge in [-0.15, -0.1) is 0 Å². The molecule has 1 rings (SSSR count). The Bertz CT molecular complexity index is 488. The molecule has 0 aliphatic rings. The average molecular weight is 315 g/mol. The number of esters is 1. The summed E-state index contributed by atoms with van der Waals surface area (Å²) in [5.41, 5.74) is 7.39. The number of nitrogen functional groups attached to an aromatic ring is 1. The van der Waals surface area contributed by atoms with Crippen molar-refractivity contribution in [2.45, 2.75) is 19.9 Å². The molecule has 0 heterocycles. The van der Waals surface area contributed by atoms with E-state index in [1.165, 1.54) is 7.11 Å². The third kappa shape index (κ3) is 3.22. The van der Waals surface area contributed by atoms with Crippen molar-refractivity contribution in [2.24, 2.45) is 0 Å². The van der Waals surface area contributed by atoms with Crippen LogP contribution in [-0.2, 0) is 9.53 Å². The van der Waals surface area contributed by atoms with Gasteiger partial charge >= 0.3 is 5.97 Å². The Kier molecular flexibility index (Phi) is 4.72. The zero-order valence-corrected chi connectivity index (χ0v) is 12.0. The van der Waals surface area contributed by atoms with Crippen LogP contribution in [0, 0.1) is 6.92 Å². The lowest BCUT2D eigenvalue weighted by Crippen LogP contribution is -2.39. The molecule has 0 fully saturated rings. The molecule has 3 N–H and O–H groups in total. The fourth-order valence-corrected chi connectivity index (χ4v) is 1.92. The van der Waals surface area contributed by atoms with Crippen LogP contribution in [0.5, 0.6) is 0 Å². The molecule has 1 aromatic carbocycles. The molecule has 0 bridgehead atoms. The van der Waals surface area contributed by atoms with Crippen molar-refractivity contribution < 1.29 is 14.3 Å². The minimum atomic E-state index is -0.706. The van der Waals surface area contributed by atoms with Gasteiger partial charge in [-0.2, -0.15) is 0 Å². The maximum Gasteiger partial charge on any atom is 0.328 e. The highest BCUT2D eigenvalue weighted by Crippen LogP contribution is 2.22. The monoisotopic (exact) mass is 314 g/mol. The van der Waals surface area contributed by atoms with Gasteiger partial charge in [-0.1, -0.05) is 15.9 Å². The fourth-order valence-electron chi connectivity index (χ4n) is 1.45. The number of halogens is 1. The van der Waals surface area contributed by atoms with Crippen LogP contribution in [0.4, 0.5) is 5.69 Å². The van der Waals surface area contributed by atoms with Gasteiger partial charge < -0.3 is 15.8 Å². The Morgan fingerprint density at radius 3 is 2.61 bits per heavy atom. The topological polar surface area (TPSA) is 81.4 Å². The molecule has 1 amide bonds. The van der Waals surface area contributed by atoms with Crippen LogP contribution in [0.3, 0.4) is 0 Å². The second-order valence-corrected chi connectivity index (χ2v) is 4.80. The van der Waals surface area contributed by atoms with Gasteiger partial charge in [0.15, 0.2) is 0 Å². The molecular weight excluding hydrogens is 300 g/mol. The number of amides is 1. The first-order valence-electron chi connectivity index (χ1n) is 5.31. The molecule has 98 valence electrons. The van der Waals surface area contributed by atoms with Crippen molar-refractivity contribution in [3.05, 3.63) is 27.7 Å². The number of rotatable bonds is 3. The van der Waals surface area contributed by atoms with Crippen molar-refractivity contribution in [3.8, 4) is 0 Å². The van der Waals surface area contributed by atoms with E-state index in [0.29, 0.717) is 21.3 Å². The van der Waals surface area contributed by atoms with E-state index >= 15 is 0 Å². The Balaban J connectivity index is 2.95. The number of anilines is 1. The van der Waals surface area contributed by atoms with Crippen molar-refractivity contribution >= 4 is 33.5 Å². The number of nitrogens with two attached hydrogens (primary N) is 1. The van der Waals surface area contributed by atoms with Crippen LogP contribution in [0.1, 0.15) is 22.8 Å². The van der Waals surface area contributed by atoms with Crippen molar-refractivity contribution in [1.82, 2.24) is 5.32 Å². The number of benzene rings is 1. The lowest BCUT2D eigenvalue weighted by atomic mass is 10.1. The molecule has 0 saturated carbocycles. The summed E-state index contributed by atoms with van der Waals surface area (Å²) in [6.45, 7) is 3.31. The van der Waals surface area contributed by atoms with Crippen LogP contribution in [0.15, 0.2) is 16.6 Å². The molecule has 6 heteroatoms. The van der Waals surface area contributed by atoms with Crippen LogP contribution in [0.2, 0.25) is 0 Å². The van der Waals surface area contributed by atoms with Gasteiger partial charge in [0.2, 0.25) is 0 Å². The lowest BCUT2D eigenvalue weighted by molar-refractivity contribution is -0.142. The first kappa shape index (κ1) is 14.5. The first-order chi connectivity index (χ1) is 8.36. The van der Waals surface area contributed by atoms with Crippen LogP contribution < -0.4 is 11.1 Å². The zero-order valence-electron chi connectivity index (χ0n) is 10.4. The first-order valence-corrected chi connectivity index (χ1v) is 6.10. The normalized spacial score (nSPS) is 11.8. The number of methoxy groups -OCH3 is 1. The fraction of sp³-hybridized carbons (Fsp3) is 0.333. The SMILES string of the molecule is COC(=O)C(C)NC(=O)c1cc(Br)cc(N)c1C.